The Morgan fingerprint density at radius 2 is 1.75 bits per heavy atom. The van der Waals surface area contributed by atoms with Crippen LogP contribution in [0.15, 0.2) is 48.5 Å². The molecule has 0 saturated carbocycles. The number of nitrogens with one attached hydrogen (secondary N) is 1. The van der Waals surface area contributed by atoms with E-state index < -0.39 is 24.4 Å². The molecule has 0 aromatic heterocycles. The first-order valence-electron chi connectivity index (χ1n) is 7.04. The topological polar surface area (TPSA) is 98.5 Å². The van der Waals surface area contributed by atoms with Crippen LogP contribution in [0.25, 0.3) is 0 Å². The number of hydrogen-bond donors (Lipinski definition) is 2. The van der Waals surface area contributed by atoms with E-state index in [-0.39, 0.29) is 17.7 Å². The molecule has 0 atom stereocenters. The number of carbonyl (C=O) groups excluding carboxylic acids is 3. The fourth-order valence-electron chi connectivity index (χ4n) is 1.95. The van der Waals surface area contributed by atoms with Crippen molar-refractivity contribution in [2.75, 3.05) is 12.3 Å². The molecule has 0 aliphatic carbocycles. The van der Waals surface area contributed by atoms with Crippen LogP contribution in [0.4, 0.5) is 5.69 Å². The third-order valence-corrected chi connectivity index (χ3v) is 3.29. The Kier molecular flexibility index (Phi) is 5.92. The molecule has 0 heterocycles. The molecule has 6 nitrogen and oxygen atoms in total. The molecule has 0 radical (unpaired) electrons. The minimum atomic E-state index is -0.769. The van der Waals surface area contributed by atoms with E-state index in [1.54, 1.807) is 24.3 Å². The average Bonchev–Trinajstić information content (AvgIpc) is 2.53. The zero-order chi connectivity index (χ0) is 17.5. The minimum Gasteiger partial charge on any atom is -0.452 e. The Balaban J connectivity index is 1.82. The summed E-state index contributed by atoms with van der Waals surface area (Å²) in [5, 5.41) is 2.53. The zero-order valence-corrected chi connectivity index (χ0v) is 13.4. The molecule has 2 rings (SSSR count). The van der Waals surface area contributed by atoms with Crippen molar-refractivity contribution >= 4 is 35.1 Å². The van der Waals surface area contributed by atoms with Crippen LogP contribution in [0.1, 0.15) is 15.9 Å². The predicted octanol–water partition coefficient (Wildman–Crippen LogP) is 1.96. The van der Waals surface area contributed by atoms with E-state index in [1.165, 1.54) is 18.2 Å². The summed E-state index contributed by atoms with van der Waals surface area (Å²) in [6, 6.07) is 13.2. The third kappa shape index (κ3) is 5.10. The van der Waals surface area contributed by atoms with Gasteiger partial charge in [-0.2, -0.15) is 0 Å². The molecule has 2 amide bonds. The molecule has 0 aliphatic rings. The van der Waals surface area contributed by atoms with Crippen LogP contribution in [0.5, 0.6) is 0 Å². The van der Waals surface area contributed by atoms with Crippen molar-refractivity contribution in [3.05, 3.63) is 64.7 Å². The number of esters is 1. The number of amides is 2. The van der Waals surface area contributed by atoms with Gasteiger partial charge in [-0.25, -0.2) is 4.79 Å². The molecule has 2 aromatic rings. The fraction of sp³-hybridized carbons (Fsp3) is 0.118. The van der Waals surface area contributed by atoms with Gasteiger partial charge in [0.1, 0.15) is 0 Å². The van der Waals surface area contributed by atoms with Crippen LogP contribution < -0.4 is 11.1 Å². The van der Waals surface area contributed by atoms with Crippen molar-refractivity contribution in [2.24, 2.45) is 0 Å². The first kappa shape index (κ1) is 17.5. The van der Waals surface area contributed by atoms with Crippen molar-refractivity contribution in [3.8, 4) is 0 Å². The lowest BCUT2D eigenvalue weighted by Crippen LogP contribution is -2.35. The maximum absolute atomic E-state index is 11.8. The van der Waals surface area contributed by atoms with E-state index in [1.807, 2.05) is 6.07 Å². The van der Waals surface area contributed by atoms with E-state index in [0.29, 0.717) is 5.02 Å². The van der Waals surface area contributed by atoms with Gasteiger partial charge >= 0.3 is 5.97 Å². The smallest absolute Gasteiger partial charge is 0.340 e. The highest BCUT2D eigenvalue weighted by molar-refractivity contribution is 6.31. The van der Waals surface area contributed by atoms with Gasteiger partial charge in [0.15, 0.2) is 6.61 Å². The van der Waals surface area contributed by atoms with E-state index in [9.17, 15) is 14.4 Å². The van der Waals surface area contributed by atoms with Gasteiger partial charge in [-0.15, -0.1) is 0 Å². The van der Waals surface area contributed by atoms with Crippen molar-refractivity contribution in [2.45, 2.75) is 6.42 Å². The Morgan fingerprint density at radius 3 is 2.42 bits per heavy atom. The van der Waals surface area contributed by atoms with Gasteiger partial charge in [-0.1, -0.05) is 41.9 Å². The highest BCUT2D eigenvalue weighted by atomic mass is 35.5. The van der Waals surface area contributed by atoms with E-state index >= 15 is 0 Å². The number of halogens is 1. The molecule has 0 fully saturated rings. The van der Waals surface area contributed by atoms with Gasteiger partial charge in [-0.05, 0) is 23.8 Å². The van der Waals surface area contributed by atoms with Crippen molar-refractivity contribution in [1.82, 2.24) is 5.32 Å². The van der Waals surface area contributed by atoms with Crippen LogP contribution >= 0.6 is 11.6 Å². The van der Waals surface area contributed by atoms with Crippen molar-refractivity contribution in [1.29, 1.82) is 0 Å². The first-order chi connectivity index (χ1) is 11.5. The number of imide groups is 1. The van der Waals surface area contributed by atoms with Crippen LogP contribution in [-0.2, 0) is 20.7 Å². The standard InChI is InChI=1S/C17H15ClN2O4/c18-12-6-7-13(14(19)9-12)17(23)24-10-16(22)20-15(21)8-11-4-2-1-3-5-11/h1-7,9H,8,10,19H2,(H,20,21,22). The summed E-state index contributed by atoms with van der Waals surface area (Å²) >= 11 is 5.74. The molecular formula is C17H15ClN2O4. The molecule has 24 heavy (non-hydrogen) atoms. The van der Waals surface area contributed by atoms with Crippen LogP contribution in [0.2, 0.25) is 5.02 Å². The molecule has 7 heteroatoms. The van der Waals surface area contributed by atoms with Crippen LogP contribution in [-0.4, -0.2) is 24.4 Å². The monoisotopic (exact) mass is 346 g/mol. The number of nitrogens with two attached hydrogens (primary N) is 1. The molecule has 0 unspecified atom stereocenters. The maximum atomic E-state index is 11.8. The second-order valence-corrected chi connectivity index (χ2v) is 5.38. The minimum absolute atomic E-state index is 0.0602. The number of nitrogen functional groups attached to an aromatic ring is 1. The number of benzene rings is 2. The first-order valence-corrected chi connectivity index (χ1v) is 7.42. The largest absolute Gasteiger partial charge is 0.452 e. The summed E-state index contributed by atoms with van der Waals surface area (Å²) < 4.78 is 4.84. The molecule has 0 spiro atoms. The third-order valence-electron chi connectivity index (χ3n) is 3.05. The quantitative estimate of drug-likeness (QED) is 0.637. The Morgan fingerprint density at radius 1 is 1.04 bits per heavy atom. The van der Waals surface area contributed by atoms with Crippen molar-refractivity contribution < 1.29 is 19.1 Å². The number of rotatable bonds is 5. The highest BCUT2D eigenvalue weighted by Gasteiger charge is 2.15. The second kappa shape index (κ2) is 8.12. The average molecular weight is 347 g/mol. The Bertz CT molecular complexity index is 762. The number of ether oxygens (including phenoxy) is 1. The van der Waals surface area contributed by atoms with Gasteiger partial charge in [0.05, 0.1) is 12.0 Å². The lowest BCUT2D eigenvalue weighted by atomic mass is 10.1. The van der Waals surface area contributed by atoms with Crippen LogP contribution in [0, 0.1) is 0 Å². The Labute approximate surface area is 143 Å². The Hall–Kier alpha value is -2.86. The van der Waals surface area contributed by atoms with E-state index in [2.05, 4.69) is 5.32 Å². The predicted molar refractivity (Wildman–Crippen MR) is 89.4 cm³/mol. The molecular weight excluding hydrogens is 332 g/mol. The zero-order valence-electron chi connectivity index (χ0n) is 12.6. The molecule has 124 valence electrons. The summed E-state index contributed by atoms with van der Waals surface area (Å²) in [5.41, 5.74) is 6.67. The summed E-state index contributed by atoms with van der Waals surface area (Å²) in [6.45, 7) is -0.582. The van der Waals surface area contributed by atoms with Crippen LogP contribution in [0.3, 0.4) is 0 Å². The van der Waals surface area contributed by atoms with Gasteiger partial charge in [0.2, 0.25) is 5.91 Å². The maximum Gasteiger partial charge on any atom is 0.340 e. The number of carbonyl (C=O) groups is 3. The number of hydrogen-bond acceptors (Lipinski definition) is 5. The molecule has 3 N–H and O–H groups in total. The van der Waals surface area contributed by atoms with Crippen molar-refractivity contribution in [3.63, 3.8) is 0 Å². The van der Waals surface area contributed by atoms with Gasteiger partial charge < -0.3 is 10.5 Å². The number of anilines is 1. The summed E-state index contributed by atoms with van der Waals surface area (Å²) in [6.07, 6.45) is 0.0602. The summed E-state index contributed by atoms with van der Waals surface area (Å²) in [7, 11) is 0. The van der Waals surface area contributed by atoms with Gasteiger partial charge in [0.25, 0.3) is 5.91 Å². The lowest BCUT2D eigenvalue weighted by Gasteiger charge is -2.08. The molecule has 2 aromatic carbocycles. The van der Waals surface area contributed by atoms with Gasteiger partial charge in [-0.3, -0.25) is 14.9 Å². The van der Waals surface area contributed by atoms with E-state index in [0.717, 1.165) is 5.56 Å². The molecule has 0 aliphatic heterocycles. The lowest BCUT2D eigenvalue weighted by molar-refractivity contribution is -0.132. The second-order valence-electron chi connectivity index (χ2n) is 4.94. The van der Waals surface area contributed by atoms with Gasteiger partial charge in [0, 0.05) is 10.7 Å². The highest BCUT2D eigenvalue weighted by Crippen LogP contribution is 2.18. The van der Waals surface area contributed by atoms with E-state index in [4.69, 9.17) is 22.1 Å². The summed E-state index contributed by atoms with van der Waals surface area (Å²) in [5.74, 6) is -1.96. The fourth-order valence-corrected chi connectivity index (χ4v) is 2.13. The molecule has 0 bridgehead atoms. The summed E-state index contributed by atoms with van der Waals surface area (Å²) in [4.78, 5) is 35.2. The molecule has 0 saturated heterocycles. The SMILES string of the molecule is Nc1cc(Cl)ccc1C(=O)OCC(=O)NC(=O)Cc1ccccc1. The normalized spacial score (nSPS) is 10.0.